The summed E-state index contributed by atoms with van der Waals surface area (Å²) in [5, 5.41) is 13.8. The third-order valence-electron chi connectivity index (χ3n) is 11.8. The number of para-hydroxylation sites is 4. The van der Waals surface area contributed by atoms with Crippen LogP contribution >= 0.6 is 0 Å². The number of nitrogens with zero attached hydrogens (tertiary/aromatic N) is 4. The van der Waals surface area contributed by atoms with Crippen molar-refractivity contribution in [2.45, 2.75) is 43.9 Å². The van der Waals surface area contributed by atoms with E-state index in [1.165, 1.54) is 16.7 Å². The van der Waals surface area contributed by atoms with E-state index in [9.17, 15) is 33.6 Å². The molecule has 2 saturated heterocycles. The van der Waals surface area contributed by atoms with Crippen molar-refractivity contribution in [1.29, 1.82) is 0 Å². The maximum absolute atomic E-state index is 14.0. The van der Waals surface area contributed by atoms with Crippen LogP contribution in [0.5, 0.6) is 0 Å². The number of hydrogen-bond donors (Lipinski definition) is 6. The lowest BCUT2D eigenvalue weighted by atomic mass is 10.0. The van der Waals surface area contributed by atoms with Gasteiger partial charge in [0.15, 0.2) is 0 Å². The van der Waals surface area contributed by atoms with E-state index in [1.54, 1.807) is 48.5 Å². The van der Waals surface area contributed by atoms with Crippen molar-refractivity contribution in [3.63, 3.8) is 0 Å². The Bertz CT molecular complexity index is 3000. The number of aromatic amines is 1. The van der Waals surface area contributed by atoms with E-state index < -0.39 is 72.7 Å². The minimum Gasteiger partial charge on any atom is -0.368 e. The summed E-state index contributed by atoms with van der Waals surface area (Å²) in [7, 11) is 0. The summed E-state index contributed by atoms with van der Waals surface area (Å²) in [6, 6.07) is 25.7. The number of fused-ring (bicyclic) bond motifs is 6. The largest absolute Gasteiger partial charge is 0.368 e. The Kier molecular flexibility index (Phi) is 10.6. The molecule has 0 radical (unpaired) electrons. The molecule has 7 amide bonds. The third-order valence-corrected chi connectivity index (χ3v) is 11.8. The number of nitrogens with one attached hydrogen (secondary N) is 5. The summed E-state index contributed by atoms with van der Waals surface area (Å²) in [5.41, 5.74) is 10.2. The van der Waals surface area contributed by atoms with Crippen LogP contribution in [0.2, 0.25) is 0 Å². The van der Waals surface area contributed by atoms with Gasteiger partial charge in [-0.15, -0.1) is 0 Å². The number of carbonyl (C=O) groups excluding carboxylic acids is 7. The van der Waals surface area contributed by atoms with Gasteiger partial charge in [-0.1, -0.05) is 72.8 Å². The third kappa shape index (κ3) is 7.68. The van der Waals surface area contributed by atoms with Gasteiger partial charge in [0.2, 0.25) is 29.5 Å². The van der Waals surface area contributed by atoms with E-state index in [0.717, 1.165) is 10.9 Å². The average Bonchev–Trinajstić information content (AvgIpc) is 4.01. The predicted molar refractivity (Wildman–Crippen MR) is 234 cm³/mol. The number of primary amides is 1. The number of amides is 7. The Labute approximate surface area is 358 Å². The van der Waals surface area contributed by atoms with Crippen molar-refractivity contribution in [3.05, 3.63) is 108 Å². The number of pyridine rings is 2. The van der Waals surface area contributed by atoms with Gasteiger partial charge in [-0.25, -0.2) is 9.97 Å². The molecule has 3 aromatic heterocycles. The van der Waals surface area contributed by atoms with E-state index in [0.29, 0.717) is 54.9 Å². The van der Waals surface area contributed by atoms with Crippen LogP contribution < -0.4 is 27.0 Å². The highest BCUT2D eigenvalue weighted by molar-refractivity contribution is 6.21. The lowest BCUT2D eigenvalue weighted by Gasteiger charge is -2.25. The number of likely N-dealkylation sites (tertiary alicyclic amines) is 2. The minimum atomic E-state index is -1.08. The molecule has 0 aliphatic carbocycles. The molecule has 0 unspecified atom stereocenters. The van der Waals surface area contributed by atoms with E-state index in [2.05, 4.69) is 31.2 Å². The topological polar surface area (TPSA) is 242 Å². The smallest absolute Gasteiger partial charge is 0.254 e. The van der Waals surface area contributed by atoms with Crippen LogP contribution in [-0.4, -0.2) is 116 Å². The molecule has 0 bridgehead atoms. The summed E-state index contributed by atoms with van der Waals surface area (Å²) in [4.78, 5) is 109. The summed E-state index contributed by atoms with van der Waals surface area (Å²) in [6.45, 7) is 0.326. The number of benzene rings is 4. The van der Waals surface area contributed by atoms with Crippen LogP contribution in [0.25, 0.3) is 54.6 Å². The highest BCUT2D eigenvalue weighted by Crippen LogP contribution is 2.31. The number of nitrogens with two attached hydrogens (primary N) is 1. The van der Waals surface area contributed by atoms with Crippen LogP contribution in [-0.2, 0) is 24.0 Å². The molecule has 7 aromatic rings. The summed E-state index contributed by atoms with van der Waals surface area (Å²) >= 11 is 0. The molecule has 5 heterocycles. The van der Waals surface area contributed by atoms with Gasteiger partial charge in [-0.05, 0) is 37.1 Å². The quantitative estimate of drug-likeness (QED) is 0.111. The van der Waals surface area contributed by atoms with Gasteiger partial charge in [-0.2, -0.15) is 0 Å². The first kappa shape index (κ1) is 40.5. The van der Waals surface area contributed by atoms with Crippen molar-refractivity contribution in [2.24, 2.45) is 5.73 Å². The Morgan fingerprint density at radius 2 is 1.10 bits per heavy atom. The van der Waals surface area contributed by atoms with Gasteiger partial charge in [0.25, 0.3) is 11.8 Å². The maximum atomic E-state index is 14.0. The molecule has 7 N–H and O–H groups in total. The number of hydrogen-bond acceptors (Lipinski definition) is 9. The Morgan fingerprint density at radius 1 is 0.619 bits per heavy atom. The lowest BCUT2D eigenvalue weighted by Crippen LogP contribution is -2.51. The molecule has 17 nitrogen and oxygen atoms in total. The second-order valence-electron chi connectivity index (χ2n) is 15.9. The zero-order valence-corrected chi connectivity index (χ0v) is 34.0. The first-order chi connectivity index (χ1) is 30.4. The maximum Gasteiger partial charge on any atom is 0.254 e. The van der Waals surface area contributed by atoms with Crippen LogP contribution in [0.1, 0.15) is 40.5 Å². The van der Waals surface area contributed by atoms with Crippen molar-refractivity contribution >= 4 is 96.0 Å². The highest BCUT2D eigenvalue weighted by atomic mass is 16.2. The minimum absolute atomic E-state index is 0.00223. The summed E-state index contributed by atoms with van der Waals surface area (Å²) < 4.78 is 0. The van der Waals surface area contributed by atoms with Crippen molar-refractivity contribution < 1.29 is 33.6 Å². The molecule has 2 fully saturated rings. The molecule has 2 aliphatic heterocycles. The zero-order chi connectivity index (χ0) is 43.9. The fraction of sp³-hybridized carbons (Fsp3) is 0.239. The molecular formula is C46H42N10O7. The molecule has 63 heavy (non-hydrogen) atoms. The molecule has 17 heteroatoms. The fourth-order valence-electron chi connectivity index (χ4n) is 9.01. The molecule has 2 aliphatic rings. The Morgan fingerprint density at radius 3 is 1.68 bits per heavy atom. The van der Waals surface area contributed by atoms with Crippen molar-refractivity contribution in [3.8, 4) is 0 Å². The van der Waals surface area contributed by atoms with Gasteiger partial charge < -0.3 is 41.8 Å². The van der Waals surface area contributed by atoms with E-state index in [1.807, 2.05) is 48.5 Å². The number of carbonyl (C=O) groups is 7. The average molecular weight is 847 g/mol. The summed E-state index contributed by atoms with van der Waals surface area (Å²) in [5.74, 6) is -3.89. The normalized spacial score (nSPS) is 18.6. The van der Waals surface area contributed by atoms with Crippen LogP contribution in [0.15, 0.2) is 97.1 Å². The van der Waals surface area contributed by atoms with E-state index in [4.69, 9.17) is 10.7 Å². The fourth-order valence-corrected chi connectivity index (χ4v) is 9.01. The van der Waals surface area contributed by atoms with Gasteiger partial charge >= 0.3 is 0 Å². The molecule has 4 aromatic carbocycles. The van der Waals surface area contributed by atoms with E-state index in [-0.39, 0.29) is 31.8 Å². The van der Waals surface area contributed by atoms with Crippen LogP contribution in [0, 0.1) is 0 Å². The Hall–Kier alpha value is -7.95. The molecule has 9 rings (SSSR count). The van der Waals surface area contributed by atoms with Crippen LogP contribution in [0.4, 0.5) is 0 Å². The van der Waals surface area contributed by atoms with Crippen molar-refractivity contribution in [1.82, 2.24) is 46.0 Å². The molecule has 4 atom stereocenters. The van der Waals surface area contributed by atoms with Gasteiger partial charge in [0.05, 0.1) is 51.8 Å². The predicted octanol–water partition coefficient (Wildman–Crippen LogP) is 2.41. The molecular weight excluding hydrogens is 805 g/mol. The lowest BCUT2D eigenvalue weighted by molar-refractivity contribution is -0.138. The van der Waals surface area contributed by atoms with Crippen LogP contribution in [0.3, 0.4) is 0 Å². The zero-order valence-electron chi connectivity index (χ0n) is 34.0. The first-order valence-electron chi connectivity index (χ1n) is 20.5. The molecule has 0 saturated carbocycles. The highest BCUT2D eigenvalue weighted by Gasteiger charge is 2.44. The van der Waals surface area contributed by atoms with Gasteiger partial charge in [0.1, 0.15) is 12.1 Å². The Balaban J connectivity index is 0.883. The van der Waals surface area contributed by atoms with E-state index >= 15 is 0 Å². The first-order valence-corrected chi connectivity index (χ1v) is 20.5. The standard InChI is InChI=1S/C46H42N10O7/c1-24(57)50-25-19-36(56(22-25)38(59)21-49-46(63)40-29-12-4-8-16-33(29)53-41-30-13-5-9-17-34(30)54-42(40)41)44(61)51-26-18-35(43(47)60)55(23-26)37(58)20-48-45(62)39-27-10-2-6-14-31(27)52-32-15-7-3-11-28(32)39/h2-17,25-26,35-36,54H,18-23H2,1H3,(H2,47,60)(H,48,62)(H,49,63)(H,50,57)(H,51,61)/t25-,26-,35-,36-/m0/s1. The molecule has 0 spiro atoms. The van der Waals surface area contributed by atoms with Gasteiger partial charge in [-0.3, -0.25) is 33.6 Å². The SMILES string of the molecule is CC(=O)N[C@H]1C[C@@H](C(=O)N[C@H]2C[C@@H](C(N)=O)N(C(=O)CNC(=O)c3c4ccccc4nc4ccccc34)C2)N(C(=O)CNC(=O)c2c3ccccc3nc3c2[nH]c2ccccc23)C1. The second kappa shape index (κ2) is 16.5. The molecule has 318 valence electrons. The number of rotatable bonds is 10. The monoisotopic (exact) mass is 846 g/mol. The number of aromatic nitrogens is 3. The summed E-state index contributed by atoms with van der Waals surface area (Å²) in [6.07, 6.45) is 0.0726. The van der Waals surface area contributed by atoms with Crippen molar-refractivity contribution in [2.75, 3.05) is 26.2 Å². The van der Waals surface area contributed by atoms with Gasteiger partial charge in [0, 0.05) is 59.2 Å². The number of H-pyrrole nitrogens is 1. The second-order valence-corrected chi connectivity index (χ2v) is 15.9.